The summed E-state index contributed by atoms with van der Waals surface area (Å²) in [5, 5.41) is 0. The minimum Gasteiger partial charge on any atom is -0.463 e. The number of hydrogen-bond donors (Lipinski definition) is 0. The molecule has 0 aliphatic carbocycles. The number of alkyl halides is 1. The summed E-state index contributed by atoms with van der Waals surface area (Å²) >= 11 is 6.51. The van der Waals surface area contributed by atoms with Crippen LogP contribution in [0.1, 0.15) is 12.5 Å². The Morgan fingerprint density at radius 3 is 2.72 bits per heavy atom. The summed E-state index contributed by atoms with van der Waals surface area (Å²) in [6.45, 7) is 2.02. The van der Waals surface area contributed by atoms with Gasteiger partial charge in [-0.25, -0.2) is 9.78 Å². The normalized spacial score (nSPS) is 13.9. The standard InChI is InChI=1S/C13H13ClN2O2/c1-2-18-12(17)13(14,16-9-8-15-10-16)11-6-4-3-5-7-11/h3-10H,2H2,1H3. The summed E-state index contributed by atoms with van der Waals surface area (Å²) in [5.41, 5.74) is 0.642. The first kappa shape index (κ1) is 12.6. The number of rotatable bonds is 4. The number of imidazole rings is 1. The monoisotopic (exact) mass is 264 g/mol. The van der Waals surface area contributed by atoms with E-state index >= 15 is 0 Å². The number of halogens is 1. The quantitative estimate of drug-likeness (QED) is 0.629. The number of esters is 1. The van der Waals surface area contributed by atoms with Crippen molar-refractivity contribution in [2.45, 2.75) is 11.9 Å². The molecule has 1 unspecified atom stereocenters. The molecule has 1 atom stereocenters. The predicted octanol–water partition coefficient (Wildman–Crippen LogP) is 2.39. The van der Waals surface area contributed by atoms with Crippen LogP contribution in [0.5, 0.6) is 0 Å². The first-order chi connectivity index (χ1) is 8.69. The van der Waals surface area contributed by atoms with Gasteiger partial charge >= 0.3 is 5.97 Å². The fourth-order valence-electron chi connectivity index (χ4n) is 1.70. The second kappa shape index (κ2) is 5.23. The summed E-state index contributed by atoms with van der Waals surface area (Å²) < 4.78 is 6.60. The topological polar surface area (TPSA) is 44.1 Å². The molecule has 1 aromatic carbocycles. The van der Waals surface area contributed by atoms with Crippen LogP contribution in [0.2, 0.25) is 0 Å². The van der Waals surface area contributed by atoms with Crippen molar-refractivity contribution in [1.82, 2.24) is 9.55 Å². The van der Waals surface area contributed by atoms with Crippen molar-refractivity contribution in [3.8, 4) is 0 Å². The SMILES string of the molecule is CCOC(=O)C(Cl)(c1ccccc1)n1ccnc1. The van der Waals surface area contributed by atoms with Crippen molar-refractivity contribution in [1.29, 1.82) is 0 Å². The van der Waals surface area contributed by atoms with Crippen LogP contribution in [0.25, 0.3) is 0 Å². The zero-order valence-electron chi connectivity index (χ0n) is 9.91. The van der Waals surface area contributed by atoms with Gasteiger partial charge in [-0.3, -0.25) is 0 Å². The molecule has 0 radical (unpaired) electrons. The van der Waals surface area contributed by atoms with Gasteiger partial charge in [0.1, 0.15) is 0 Å². The first-order valence-electron chi connectivity index (χ1n) is 5.59. The maximum atomic E-state index is 12.2. The van der Waals surface area contributed by atoms with Gasteiger partial charge in [-0.1, -0.05) is 41.9 Å². The maximum absolute atomic E-state index is 12.2. The van der Waals surface area contributed by atoms with E-state index in [4.69, 9.17) is 16.3 Å². The Bertz CT molecular complexity index is 513. The molecule has 0 bridgehead atoms. The smallest absolute Gasteiger partial charge is 0.353 e. The van der Waals surface area contributed by atoms with Crippen molar-refractivity contribution < 1.29 is 9.53 Å². The Labute approximate surface area is 110 Å². The van der Waals surface area contributed by atoms with Gasteiger partial charge in [-0.2, -0.15) is 0 Å². The van der Waals surface area contributed by atoms with Crippen LogP contribution in [0.4, 0.5) is 0 Å². The molecule has 0 aliphatic rings. The van der Waals surface area contributed by atoms with Gasteiger partial charge in [0.25, 0.3) is 0 Å². The summed E-state index contributed by atoms with van der Waals surface area (Å²) in [4.78, 5) is 14.7. The zero-order chi connectivity index (χ0) is 13.0. The molecule has 0 N–H and O–H groups in total. The molecule has 0 amide bonds. The van der Waals surface area contributed by atoms with Crippen molar-refractivity contribution >= 4 is 17.6 Å². The molecule has 0 spiro atoms. The highest BCUT2D eigenvalue weighted by Gasteiger charge is 2.41. The Morgan fingerprint density at radius 2 is 2.17 bits per heavy atom. The van der Waals surface area contributed by atoms with Gasteiger partial charge in [0.05, 0.1) is 12.9 Å². The highest BCUT2D eigenvalue weighted by Crippen LogP contribution is 2.32. The minimum absolute atomic E-state index is 0.273. The van der Waals surface area contributed by atoms with Gasteiger partial charge in [-0.15, -0.1) is 0 Å². The van der Waals surface area contributed by atoms with E-state index in [1.54, 1.807) is 31.5 Å². The molecule has 1 heterocycles. The number of aromatic nitrogens is 2. The molecule has 5 heteroatoms. The van der Waals surface area contributed by atoms with Gasteiger partial charge in [0.2, 0.25) is 5.00 Å². The molecule has 4 nitrogen and oxygen atoms in total. The van der Waals surface area contributed by atoms with E-state index < -0.39 is 11.0 Å². The zero-order valence-corrected chi connectivity index (χ0v) is 10.7. The van der Waals surface area contributed by atoms with Crippen LogP contribution in [-0.2, 0) is 14.5 Å². The molecule has 1 aromatic heterocycles. The van der Waals surface area contributed by atoms with E-state index in [9.17, 15) is 4.79 Å². The van der Waals surface area contributed by atoms with Crippen LogP contribution in [-0.4, -0.2) is 22.1 Å². The summed E-state index contributed by atoms with van der Waals surface area (Å²) in [6.07, 6.45) is 4.70. The lowest BCUT2D eigenvalue weighted by molar-refractivity contribution is -0.147. The van der Waals surface area contributed by atoms with E-state index in [0.717, 1.165) is 0 Å². The van der Waals surface area contributed by atoms with Crippen molar-refractivity contribution in [3.63, 3.8) is 0 Å². The molecular weight excluding hydrogens is 252 g/mol. The average molecular weight is 265 g/mol. The third kappa shape index (κ3) is 2.11. The minimum atomic E-state index is -1.41. The Hall–Kier alpha value is -1.81. The van der Waals surface area contributed by atoms with Crippen molar-refractivity contribution in [3.05, 3.63) is 54.6 Å². The Kier molecular flexibility index (Phi) is 3.67. The van der Waals surface area contributed by atoms with Gasteiger partial charge in [-0.05, 0) is 6.92 Å². The first-order valence-corrected chi connectivity index (χ1v) is 5.97. The fraction of sp³-hybridized carbons (Fsp3) is 0.231. The fourth-order valence-corrected chi connectivity index (χ4v) is 1.98. The molecule has 18 heavy (non-hydrogen) atoms. The summed E-state index contributed by atoms with van der Waals surface area (Å²) in [6, 6.07) is 9.07. The van der Waals surface area contributed by atoms with E-state index in [2.05, 4.69) is 4.98 Å². The van der Waals surface area contributed by atoms with Crippen molar-refractivity contribution in [2.75, 3.05) is 6.61 Å². The molecular formula is C13H13ClN2O2. The molecule has 0 aliphatic heterocycles. The second-order valence-corrected chi connectivity index (χ2v) is 4.23. The molecule has 94 valence electrons. The average Bonchev–Trinajstić information content (AvgIpc) is 2.93. The van der Waals surface area contributed by atoms with Crippen LogP contribution in [0.15, 0.2) is 49.1 Å². The Morgan fingerprint density at radius 1 is 1.44 bits per heavy atom. The highest BCUT2D eigenvalue weighted by atomic mass is 35.5. The molecule has 0 saturated heterocycles. The van der Waals surface area contributed by atoms with Gasteiger partial charge in [0.15, 0.2) is 0 Å². The summed E-state index contributed by atoms with van der Waals surface area (Å²) in [7, 11) is 0. The summed E-state index contributed by atoms with van der Waals surface area (Å²) in [5.74, 6) is -0.518. The second-order valence-electron chi connectivity index (χ2n) is 3.68. The van der Waals surface area contributed by atoms with Crippen LogP contribution in [0.3, 0.4) is 0 Å². The van der Waals surface area contributed by atoms with Crippen LogP contribution < -0.4 is 0 Å². The molecule has 0 saturated carbocycles. The maximum Gasteiger partial charge on any atom is 0.353 e. The lowest BCUT2D eigenvalue weighted by atomic mass is 10.1. The van der Waals surface area contributed by atoms with E-state index in [1.807, 2.05) is 18.2 Å². The van der Waals surface area contributed by atoms with E-state index in [-0.39, 0.29) is 6.61 Å². The third-order valence-electron chi connectivity index (χ3n) is 2.56. The van der Waals surface area contributed by atoms with Gasteiger partial charge < -0.3 is 9.30 Å². The number of nitrogens with zero attached hydrogens (tertiary/aromatic N) is 2. The lowest BCUT2D eigenvalue weighted by Gasteiger charge is -2.26. The number of hydrogen-bond acceptors (Lipinski definition) is 3. The van der Waals surface area contributed by atoms with Gasteiger partial charge in [0, 0.05) is 18.0 Å². The Balaban J connectivity index is 2.50. The molecule has 2 aromatic rings. The highest BCUT2D eigenvalue weighted by molar-refractivity contribution is 6.33. The number of carbonyl (C=O) groups is 1. The number of benzene rings is 1. The lowest BCUT2D eigenvalue weighted by Crippen LogP contribution is -2.38. The van der Waals surface area contributed by atoms with Crippen molar-refractivity contribution in [2.24, 2.45) is 0 Å². The van der Waals surface area contributed by atoms with E-state index in [0.29, 0.717) is 5.56 Å². The van der Waals surface area contributed by atoms with E-state index in [1.165, 1.54) is 10.9 Å². The van der Waals surface area contributed by atoms with Crippen LogP contribution >= 0.6 is 11.6 Å². The molecule has 2 rings (SSSR count). The predicted molar refractivity (Wildman–Crippen MR) is 68.2 cm³/mol. The van der Waals surface area contributed by atoms with Crippen LogP contribution in [0, 0.1) is 0 Å². The number of carbonyl (C=O) groups excluding carboxylic acids is 1. The largest absolute Gasteiger partial charge is 0.463 e. The number of ether oxygens (including phenoxy) is 1. The third-order valence-corrected chi connectivity index (χ3v) is 3.13. The molecule has 0 fully saturated rings.